The average molecular weight is 492 g/mol. The summed E-state index contributed by atoms with van der Waals surface area (Å²) < 4.78 is 11.1. The summed E-state index contributed by atoms with van der Waals surface area (Å²) in [6.07, 6.45) is 0. The van der Waals surface area contributed by atoms with Crippen LogP contribution in [0, 0.1) is 0 Å². The van der Waals surface area contributed by atoms with Gasteiger partial charge in [-0.15, -0.1) is 11.3 Å². The molecule has 9 rings (SSSR count). The molecule has 0 saturated heterocycles. The Kier molecular flexibility index (Phi) is 3.64. The molecule has 0 spiro atoms. The van der Waals surface area contributed by atoms with Gasteiger partial charge in [0.1, 0.15) is 5.75 Å². The van der Waals surface area contributed by atoms with Crippen LogP contribution < -0.4 is 4.74 Å². The summed E-state index contributed by atoms with van der Waals surface area (Å²) in [4.78, 5) is 10.2. The first-order valence-corrected chi connectivity index (χ1v) is 13.1. The quantitative estimate of drug-likeness (QED) is 0.230. The maximum Gasteiger partial charge on any atom is 0.238 e. The standard InChI is InChI=1S/C32H17N3OS/c1-4-13-25-18(8-1)22-16-17-23-20-10-3-6-15-27(20)37-30(23)29(22)35(25)32-33-24-12-7-11-21-19-9-2-5-14-26(19)36-31(34-32)28(21)24/h1-17H. The van der Waals surface area contributed by atoms with Crippen molar-refractivity contribution < 1.29 is 4.74 Å². The molecule has 37 heavy (non-hydrogen) atoms. The Hall–Kier alpha value is -4.74. The van der Waals surface area contributed by atoms with Gasteiger partial charge in [0.2, 0.25) is 11.8 Å². The molecule has 5 aromatic carbocycles. The lowest BCUT2D eigenvalue weighted by atomic mass is 9.98. The van der Waals surface area contributed by atoms with E-state index in [2.05, 4.69) is 83.4 Å². The van der Waals surface area contributed by atoms with Crippen LogP contribution in [0.4, 0.5) is 0 Å². The minimum atomic E-state index is 0.601. The molecule has 0 saturated carbocycles. The third kappa shape index (κ3) is 2.51. The SMILES string of the molecule is c1ccc2c(c1)Oc1nc(-n3c4ccccc4c4ccc5c6ccccc6sc5c43)nc3cccc-2c13. The number of aromatic nitrogens is 3. The molecule has 3 aromatic heterocycles. The lowest BCUT2D eigenvalue weighted by molar-refractivity contribution is 0.466. The summed E-state index contributed by atoms with van der Waals surface area (Å²) in [6.45, 7) is 0. The van der Waals surface area contributed by atoms with E-state index in [1.807, 2.05) is 35.6 Å². The predicted octanol–water partition coefficient (Wildman–Crippen LogP) is 8.87. The van der Waals surface area contributed by atoms with Crippen molar-refractivity contribution in [3.8, 4) is 28.7 Å². The van der Waals surface area contributed by atoms with Gasteiger partial charge in [-0.05, 0) is 24.3 Å². The van der Waals surface area contributed by atoms with Gasteiger partial charge in [-0.25, -0.2) is 4.98 Å². The minimum Gasteiger partial charge on any atom is -0.438 e. The first-order chi connectivity index (χ1) is 18.3. The molecule has 0 radical (unpaired) electrons. The molecule has 4 nitrogen and oxygen atoms in total. The first kappa shape index (κ1) is 19.4. The minimum absolute atomic E-state index is 0.601. The van der Waals surface area contributed by atoms with E-state index in [0.717, 1.165) is 38.8 Å². The monoisotopic (exact) mass is 491 g/mol. The summed E-state index contributed by atoms with van der Waals surface area (Å²) >= 11 is 1.83. The van der Waals surface area contributed by atoms with Crippen LogP contribution in [0.5, 0.6) is 11.6 Å². The Bertz CT molecular complexity index is 2240. The lowest BCUT2D eigenvalue weighted by Gasteiger charge is -2.20. The third-order valence-corrected chi connectivity index (χ3v) is 8.63. The van der Waals surface area contributed by atoms with Gasteiger partial charge in [0, 0.05) is 37.4 Å². The highest BCUT2D eigenvalue weighted by Gasteiger charge is 2.25. The van der Waals surface area contributed by atoms with E-state index in [1.54, 1.807) is 0 Å². The summed E-state index contributed by atoms with van der Waals surface area (Å²) in [5.74, 6) is 2.04. The van der Waals surface area contributed by atoms with Crippen molar-refractivity contribution in [3.63, 3.8) is 0 Å². The second-order valence-electron chi connectivity index (χ2n) is 9.42. The van der Waals surface area contributed by atoms with Crippen molar-refractivity contribution in [2.45, 2.75) is 0 Å². The van der Waals surface area contributed by atoms with Crippen LogP contribution in [0.3, 0.4) is 0 Å². The van der Waals surface area contributed by atoms with Gasteiger partial charge in [-0.2, -0.15) is 4.98 Å². The molecule has 172 valence electrons. The second kappa shape index (κ2) is 6.93. The van der Waals surface area contributed by atoms with E-state index in [1.165, 1.54) is 30.9 Å². The van der Waals surface area contributed by atoms with E-state index >= 15 is 0 Å². The average Bonchev–Trinajstić information content (AvgIpc) is 3.49. The topological polar surface area (TPSA) is 39.9 Å². The van der Waals surface area contributed by atoms with Gasteiger partial charge < -0.3 is 4.74 Å². The van der Waals surface area contributed by atoms with Gasteiger partial charge in [-0.3, -0.25) is 4.57 Å². The Balaban J connectivity index is 1.44. The van der Waals surface area contributed by atoms with Crippen molar-refractivity contribution in [1.82, 2.24) is 14.5 Å². The van der Waals surface area contributed by atoms with Gasteiger partial charge in [0.25, 0.3) is 0 Å². The number of rotatable bonds is 1. The molecule has 1 aliphatic heterocycles. The van der Waals surface area contributed by atoms with Gasteiger partial charge in [0.05, 0.1) is 26.6 Å². The molecule has 0 unspecified atom stereocenters. The van der Waals surface area contributed by atoms with Crippen molar-refractivity contribution in [1.29, 1.82) is 0 Å². The maximum atomic E-state index is 6.39. The highest BCUT2D eigenvalue weighted by Crippen LogP contribution is 2.46. The number of hydrogen-bond acceptors (Lipinski definition) is 4. The fraction of sp³-hybridized carbons (Fsp3) is 0. The number of nitrogens with zero attached hydrogens (tertiary/aromatic N) is 3. The van der Waals surface area contributed by atoms with E-state index in [4.69, 9.17) is 14.7 Å². The van der Waals surface area contributed by atoms with E-state index < -0.39 is 0 Å². The fourth-order valence-corrected chi connectivity index (χ4v) is 7.10. The molecular weight excluding hydrogens is 474 g/mol. The molecular formula is C32H17N3OS. The van der Waals surface area contributed by atoms with E-state index in [0.29, 0.717) is 11.8 Å². The maximum absolute atomic E-state index is 6.39. The lowest BCUT2D eigenvalue weighted by Crippen LogP contribution is -2.06. The Morgan fingerprint density at radius 1 is 0.622 bits per heavy atom. The van der Waals surface area contributed by atoms with Crippen LogP contribution in [-0.2, 0) is 0 Å². The zero-order valence-electron chi connectivity index (χ0n) is 19.5. The smallest absolute Gasteiger partial charge is 0.238 e. The number of hydrogen-bond donors (Lipinski definition) is 0. The van der Waals surface area contributed by atoms with Crippen LogP contribution in [0.15, 0.2) is 103 Å². The summed E-state index contributed by atoms with van der Waals surface area (Å²) in [5.41, 5.74) is 5.28. The van der Waals surface area contributed by atoms with Crippen LogP contribution in [0.25, 0.3) is 70.0 Å². The number of fused-ring (bicyclic) bond motifs is 9. The summed E-state index contributed by atoms with van der Waals surface area (Å²) in [7, 11) is 0. The Morgan fingerprint density at radius 3 is 2.38 bits per heavy atom. The highest BCUT2D eigenvalue weighted by molar-refractivity contribution is 7.26. The molecule has 0 atom stereocenters. The number of benzene rings is 5. The van der Waals surface area contributed by atoms with Crippen LogP contribution in [0.2, 0.25) is 0 Å². The van der Waals surface area contributed by atoms with E-state index in [-0.39, 0.29) is 0 Å². The molecule has 1 aliphatic rings. The molecule has 0 aliphatic carbocycles. The van der Waals surface area contributed by atoms with Crippen molar-refractivity contribution >= 4 is 64.2 Å². The zero-order valence-corrected chi connectivity index (χ0v) is 20.3. The Morgan fingerprint density at radius 2 is 1.41 bits per heavy atom. The first-order valence-electron chi connectivity index (χ1n) is 12.3. The molecule has 0 fully saturated rings. The molecule has 4 heterocycles. The third-order valence-electron chi connectivity index (χ3n) is 7.44. The fourth-order valence-electron chi connectivity index (χ4n) is 5.86. The number of para-hydroxylation sites is 2. The molecule has 0 N–H and O–H groups in total. The largest absolute Gasteiger partial charge is 0.438 e. The van der Waals surface area contributed by atoms with Crippen molar-refractivity contribution in [2.24, 2.45) is 0 Å². The molecule has 5 heteroatoms. The molecule has 8 aromatic rings. The number of thiophene rings is 1. The van der Waals surface area contributed by atoms with Crippen molar-refractivity contribution in [2.75, 3.05) is 0 Å². The van der Waals surface area contributed by atoms with Crippen LogP contribution in [0.1, 0.15) is 0 Å². The summed E-state index contributed by atoms with van der Waals surface area (Å²) in [5, 5.41) is 5.88. The summed E-state index contributed by atoms with van der Waals surface area (Å²) in [6, 6.07) is 36.0. The molecule has 0 bridgehead atoms. The van der Waals surface area contributed by atoms with E-state index in [9.17, 15) is 0 Å². The predicted molar refractivity (Wildman–Crippen MR) is 152 cm³/mol. The normalized spacial score (nSPS) is 12.5. The highest BCUT2D eigenvalue weighted by atomic mass is 32.1. The zero-order chi connectivity index (χ0) is 24.1. The van der Waals surface area contributed by atoms with Crippen LogP contribution in [-0.4, -0.2) is 14.5 Å². The van der Waals surface area contributed by atoms with Gasteiger partial charge in [-0.1, -0.05) is 78.9 Å². The van der Waals surface area contributed by atoms with Gasteiger partial charge in [0.15, 0.2) is 0 Å². The Labute approximate surface area is 215 Å². The van der Waals surface area contributed by atoms with Gasteiger partial charge >= 0.3 is 0 Å². The second-order valence-corrected chi connectivity index (χ2v) is 10.5. The number of ether oxygens (including phenoxy) is 1. The molecule has 0 amide bonds. The van der Waals surface area contributed by atoms with Crippen LogP contribution >= 0.6 is 11.3 Å². The van der Waals surface area contributed by atoms with Crippen molar-refractivity contribution in [3.05, 3.63) is 103 Å².